The summed E-state index contributed by atoms with van der Waals surface area (Å²) in [6.07, 6.45) is 1.28. The molecule has 5 rings (SSSR count). The highest BCUT2D eigenvalue weighted by atomic mass is 32.1. The first kappa shape index (κ1) is 24.2. The zero-order valence-electron chi connectivity index (χ0n) is 18.8. The zero-order chi connectivity index (χ0) is 24.9. The highest BCUT2D eigenvalue weighted by Crippen LogP contribution is 2.33. The Morgan fingerprint density at radius 1 is 1.03 bits per heavy atom. The molecule has 0 unspecified atom stereocenters. The van der Waals surface area contributed by atoms with Gasteiger partial charge in [-0.25, -0.2) is 14.2 Å². The van der Waals surface area contributed by atoms with E-state index in [9.17, 15) is 9.18 Å². The molecule has 9 heteroatoms. The molecule has 0 bridgehead atoms. The predicted molar refractivity (Wildman–Crippen MR) is 134 cm³/mol. The van der Waals surface area contributed by atoms with E-state index in [1.54, 1.807) is 13.2 Å². The van der Waals surface area contributed by atoms with Gasteiger partial charge in [-0.2, -0.15) is 0 Å². The first-order chi connectivity index (χ1) is 16.8. The number of nitrogens with one attached hydrogen (secondary N) is 1. The summed E-state index contributed by atoms with van der Waals surface area (Å²) >= 11 is 1.44. The lowest BCUT2D eigenvalue weighted by Crippen LogP contribution is -2.21. The molecule has 0 spiro atoms. The molecule has 1 saturated carbocycles. The van der Waals surface area contributed by atoms with Gasteiger partial charge in [0.05, 0.1) is 23.0 Å². The summed E-state index contributed by atoms with van der Waals surface area (Å²) < 4.78 is 21.0. The van der Waals surface area contributed by atoms with Crippen molar-refractivity contribution in [2.45, 2.75) is 19.3 Å². The van der Waals surface area contributed by atoms with Gasteiger partial charge < -0.3 is 20.3 Å². The quantitative estimate of drug-likeness (QED) is 0.246. The Bertz CT molecular complexity index is 1360. The van der Waals surface area contributed by atoms with Crippen LogP contribution in [0.1, 0.15) is 29.6 Å². The lowest BCUT2D eigenvalue weighted by molar-refractivity contribution is 0.0855. The van der Waals surface area contributed by atoms with E-state index >= 15 is 0 Å². The van der Waals surface area contributed by atoms with Gasteiger partial charge in [-0.3, -0.25) is 4.79 Å². The number of benzene rings is 3. The Balaban J connectivity index is 0.000000672. The number of rotatable bonds is 6. The standard InChI is InChI=1S/C25H21FN2O2S.CH2O3/c1-30-19-10-12-22-23(14-19)31-25(28-22)27-21-11-9-18(13-20(21)26)15-5-7-17(8-6-15)24(29)16-3-2-4-16;2-1(3)4/h5-14,16H,2-4H2,1H3,(H,27,28);(H2,2,3,4). The molecule has 1 aliphatic rings. The van der Waals surface area contributed by atoms with Crippen molar-refractivity contribution in [1.82, 2.24) is 4.98 Å². The Morgan fingerprint density at radius 3 is 2.31 bits per heavy atom. The van der Waals surface area contributed by atoms with Crippen LogP contribution in [0, 0.1) is 11.7 Å². The summed E-state index contributed by atoms with van der Waals surface area (Å²) in [6, 6.07) is 18.2. The van der Waals surface area contributed by atoms with E-state index in [1.807, 2.05) is 48.5 Å². The SMILES string of the molecule is COc1ccc2nc(Nc3ccc(-c4ccc(C(=O)C5CCC5)cc4)cc3F)sc2c1.O=C(O)O. The normalized spacial score (nSPS) is 12.9. The molecule has 1 aromatic heterocycles. The number of carbonyl (C=O) groups excluding carboxylic acids is 1. The molecule has 180 valence electrons. The van der Waals surface area contributed by atoms with E-state index in [0.717, 1.165) is 51.9 Å². The minimum atomic E-state index is -1.83. The number of Topliss-reactive ketones (excluding diaryl/α,β-unsaturated/α-hetero) is 1. The maximum Gasteiger partial charge on any atom is 0.503 e. The van der Waals surface area contributed by atoms with Crippen molar-refractivity contribution in [3.63, 3.8) is 0 Å². The number of hydrogen-bond donors (Lipinski definition) is 3. The lowest BCUT2D eigenvalue weighted by Gasteiger charge is -2.23. The zero-order valence-corrected chi connectivity index (χ0v) is 19.6. The predicted octanol–water partition coefficient (Wildman–Crippen LogP) is 7.06. The van der Waals surface area contributed by atoms with Crippen LogP contribution in [0.25, 0.3) is 21.3 Å². The van der Waals surface area contributed by atoms with Crippen molar-refractivity contribution < 1.29 is 28.9 Å². The molecule has 0 aliphatic heterocycles. The molecule has 35 heavy (non-hydrogen) atoms. The van der Waals surface area contributed by atoms with Gasteiger partial charge in [-0.1, -0.05) is 48.1 Å². The lowest BCUT2D eigenvalue weighted by atomic mass is 9.80. The molecule has 0 atom stereocenters. The average molecular weight is 495 g/mol. The summed E-state index contributed by atoms with van der Waals surface area (Å²) in [5.74, 6) is 0.803. The van der Waals surface area contributed by atoms with Gasteiger partial charge in [0.1, 0.15) is 11.6 Å². The molecule has 0 amide bonds. The van der Waals surface area contributed by atoms with E-state index < -0.39 is 6.16 Å². The second-order valence-electron chi connectivity index (χ2n) is 8.02. The van der Waals surface area contributed by atoms with Gasteiger partial charge in [-0.15, -0.1) is 0 Å². The van der Waals surface area contributed by atoms with Crippen LogP contribution in [-0.4, -0.2) is 34.2 Å². The number of thiazole rings is 1. The topological polar surface area (TPSA) is 109 Å². The molecule has 7 nitrogen and oxygen atoms in total. The molecule has 1 aliphatic carbocycles. The average Bonchev–Trinajstić information content (AvgIpc) is 3.20. The van der Waals surface area contributed by atoms with Crippen LogP contribution < -0.4 is 10.1 Å². The van der Waals surface area contributed by atoms with Crippen LogP contribution >= 0.6 is 11.3 Å². The van der Waals surface area contributed by atoms with Crippen LogP contribution in [0.4, 0.5) is 20.0 Å². The first-order valence-corrected chi connectivity index (χ1v) is 11.7. The molecular formula is C26H23FN2O5S. The Morgan fingerprint density at radius 2 is 1.71 bits per heavy atom. The molecule has 1 heterocycles. The second kappa shape index (κ2) is 10.5. The van der Waals surface area contributed by atoms with E-state index in [0.29, 0.717) is 10.8 Å². The molecule has 3 aromatic carbocycles. The number of ketones is 1. The third kappa shape index (κ3) is 5.75. The number of halogens is 1. The van der Waals surface area contributed by atoms with Gasteiger partial charge >= 0.3 is 6.16 Å². The maximum absolute atomic E-state index is 14.8. The fraction of sp³-hybridized carbons (Fsp3) is 0.192. The van der Waals surface area contributed by atoms with Crippen molar-refractivity contribution in [2.75, 3.05) is 12.4 Å². The number of fused-ring (bicyclic) bond motifs is 1. The Kier molecular flexibility index (Phi) is 7.26. The van der Waals surface area contributed by atoms with Gasteiger partial charge in [0.2, 0.25) is 0 Å². The van der Waals surface area contributed by atoms with Crippen LogP contribution in [0.15, 0.2) is 60.7 Å². The van der Waals surface area contributed by atoms with Crippen molar-refractivity contribution >= 4 is 44.3 Å². The minimum absolute atomic E-state index is 0.178. The Hall–Kier alpha value is -3.98. The van der Waals surface area contributed by atoms with Crippen LogP contribution in [-0.2, 0) is 0 Å². The fourth-order valence-electron chi connectivity index (χ4n) is 3.73. The molecule has 3 N–H and O–H groups in total. The molecule has 1 fully saturated rings. The van der Waals surface area contributed by atoms with Crippen molar-refractivity contribution in [1.29, 1.82) is 0 Å². The van der Waals surface area contributed by atoms with E-state index in [-0.39, 0.29) is 17.5 Å². The van der Waals surface area contributed by atoms with E-state index in [1.165, 1.54) is 17.4 Å². The minimum Gasteiger partial charge on any atom is -0.497 e. The molecule has 0 radical (unpaired) electrons. The summed E-state index contributed by atoms with van der Waals surface area (Å²) in [6.45, 7) is 0. The number of carboxylic acid groups (broad SMARTS) is 2. The largest absolute Gasteiger partial charge is 0.503 e. The van der Waals surface area contributed by atoms with Gasteiger partial charge in [-0.05, 0) is 54.3 Å². The summed E-state index contributed by atoms with van der Waals surface area (Å²) in [5.41, 5.74) is 3.58. The number of carbonyl (C=O) groups is 2. The van der Waals surface area contributed by atoms with Crippen LogP contribution in [0.5, 0.6) is 5.75 Å². The highest BCUT2D eigenvalue weighted by Gasteiger charge is 2.26. The molecule has 0 saturated heterocycles. The summed E-state index contributed by atoms with van der Waals surface area (Å²) in [4.78, 5) is 25.4. The third-order valence-electron chi connectivity index (χ3n) is 5.79. The number of nitrogens with zero attached hydrogens (tertiary/aromatic N) is 1. The number of methoxy groups -OCH3 is 1. The monoisotopic (exact) mass is 494 g/mol. The van der Waals surface area contributed by atoms with Gasteiger partial charge in [0, 0.05) is 11.5 Å². The fourth-order valence-corrected chi connectivity index (χ4v) is 4.64. The molecule has 4 aromatic rings. The van der Waals surface area contributed by atoms with Crippen molar-refractivity contribution in [2.24, 2.45) is 5.92 Å². The smallest absolute Gasteiger partial charge is 0.497 e. The number of ether oxygens (including phenoxy) is 1. The van der Waals surface area contributed by atoms with Crippen LogP contribution in [0.3, 0.4) is 0 Å². The van der Waals surface area contributed by atoms with E-state index in [2.05, 4.69) is 10.3 Å². The number of aromatic nitrogens is 1. The van der Waals surface area contributed by atoms with Crippen LogP contribution in [0.2, 0.25) is 0 Å². The highest BCUT2D eigenvalue weighted by molar-refractivity contribution is 7.22. The third-order valence-corrected chi connectivity index (χ3v) is 6.72. The summed E-state index contributed by atoms with van der Waals surface area (Å²) in [7, 11) is 1.62. The van der Waals surface area contributed by atoms with Gasteiger partial charge in [0.25, 0.3) is 0 Å². The first-order valence-electron chi connectivity index (χ1n) is 10.9. The second-order valence-corrected chi connectivity index (χ2v) is 9.05. The van der Waals surface area contributed by atoms with E-state index in [4.69, 9.17) is 19.7 Å². The molecular weight excluding hydrogens is 471 g/mol. The Labute approximate surface area is 204 Å². The summed E-state index contributed by atoms with van der Waals surface area (Å²) in [5, 5.41) is 17.6. The number of anilines is 2. The van der Waals surface area contributed by atoms with Crippen molar-refractivity contribution in [3.8, 4) is 16.9 Å². The van der Waals surface area contributed by atoms with Crippen molar-refractivity contribution in [3.05, 3.63) is 72.0 Å². The maximum atomic E-state index is 14.8. The van der Waals surface area contributed by atoms with Gasteiger partial charge in [0.15, 0.2) is 10.9 Å². The number of hydrogen-bond acceptors (Lipinski definition) is 6.